The van der Waals surface area contributed by atoms with Crippen LogP contribution in [0.1, 0.15) is 31.2 Å². The number of nitrogens with zero attached hydrogens (tertiary/aromatic N) is 2. The van der Waals surface area contributed by atoms with Crippen LogP contribution in [0.25, 0.3) is 0 Å². The summed E-state index contributed by atoms with van der Waals surface area (Å²) in [7, 11) is -3.69. The third-order valence-corrected chi connectivity index (χ3v) is 7.48. The van der Waals surface area contributed by atoms with Gasteiger partial charge in [0.15, 0.2) is 0 Å². The van der Waals surface area contributed by atoms with E-state index in [9.17, 15) is 18.0 Å². The van der Waals surface area contributed by atoms with Crippen LogP contribution in [0.4, 0.5) is 5.69 Å². The zero-order valence-electron chi connectivity index (χ0n) is 17.3. The summed E-state index contributed by atoms with van der Waals surface area (Å²) in [6, 6.07) is 14.1. The largest absolute Gasteiger partial charge is 0.348 e. The first-order valence-electron chi connectivity index (χ1n) is 10.2. The molecule has 3 rings (SSSR count). The van der Waals surface area contributed by atoms with Crippen molar-refractivity contribution in [2.45, 2.75) is 36.6 Å². The lowest BCUT2D eigenvalue weighted by atomic mass is 10.0. The Hall–Kier alpha value is -2.93. The topological polar surface area (TPSA) is 119 Å². The Bertz CT molecular complexity index is 1130. The number of hydrogen-bond donors (Lipinski definition) is 2. The van der Waals surface area contributed by atoms with Crippen LogP contribution in [0.5, 0.6) is 0 Å². The standard InChI is InChI=1S/C22H23ClN4O4S/c23-17-8-10-19(11-9-17)32(30,31)27-14-4-3-6-18(27)12-13-25-21(28)22(29)26-20-7-2-1-5-16(20)15-24/h1-2,5,7-11,18H,3-4,6,12-14H2,(H,25,28)(H,26,29)/t18-/m1/s1. The SMILES string of the molecule is N#Cc1ccccc1NC(=O)C(=O)NCC[C@H]1CCCCN1S(=O)(=O)c1ccc(Cl)cc1. The molecule has 2 N–H and O–H groups in total. The minimum atomic E-state index is -3.69. The number of nitrogens with one attached hydrogen (secondary N) is 2. The van der Waals surface area contributed by atoms with Crippen molar-refractivity contribution in [3.05, 3.63) is 59.1 Å². The maximum Gasteiger partial charge on any atom is 0.313 e. The summed E-state index contributed by atoms with van der Waals surface area (Å²) in [6.07, 6.45) is 2.69. The molecular weight excluding hydrogens is 452 g/mol. The third-order valence-electron chi connectivity index (χ3n) is 5.26. The molecule has 1 aliphatic heterocycles. The van der Waals surface area contributed by atoms with Crippen molar-refractivity contribution in [1.82, 2.24) is 9.62 Å². The highest BCUT2D eigenvalue weighted by Gasteiger charge is 2.33. The number of sulfonamides is 1. The predicted molar refractivity (Wildman–Crippen MR) is 120 cm³/mol. The number of para-hydroxylation sites is 1. The van der Waals surface area contributed by atoms with Crippen LogP contribution in [0.15, 0.2) is 53.4 Å². The fraction of sp³-hybridized carbons (Fsp3) is 0.318. The van der Waals surface area contributed by atoms with Crippen molar-refractivity contribution in [2.24, 2.45) is 0 Å². The number of halogens is 1. The van der Waals surface area contributed by atoms with Gasteiger partial charge in [-0.1, -0.05) is 30.2 Å². The second kappa shape index (κ2) is 10.6. The van der Waals surface area contributed by atoms with Gasteiger partial charge in [0.1, 0.15) is 6.07 Å². The fourth-order valence-corrected chi connectivity index (χ4v) is 5.47. The Labute approximate surface area is 192 Å². The fourth-order valence-electron chi connectivity index (χ4n) is 3.62. The molecule has 2 amide bonds. The highest BCUT2D eigenvalue weighted by atomic mass is 35.5. The average molecular weight is 475 g/mol. The van der Waals surface area contributed by atoms with Gasteiger partial charge in [-0.15, -0.1) is 0 Å². The van der Waals surface area contributed by atoms with Gasteiger partial charge in [0.2, 0.25) is 10.0 Å². The number of carbonyl (C=O) groups excluding carboxylic acids is 2. The third kappa shape index (κ3) is 5.65. The second-order valence-electron chi connectivity index (χ2n) is 7.38. The number of anilines is 1. The molecule has 1 aliphatic rings. The molecule has 0 unspecified atom stereocenters. The van der Waals surface area contributed by atoms with E-state index in [1.54, 1.807) is 12.1 Å². The van der Waals surface area contributed by atoms with E-state index in [0.717, 1.165) is 12.8 Å². The molecule has 0 saturated carbocycles. The number of rotatable bonds is 6. The Morgan fingerprint density at radius 3 is 2.53 bits per heavy atom. The van der Waals surface area contributed by atoms with Crippen molar-refractivity contribution in [1.29, 1.82) is 5.26 Å². The molecule has 0 bridgehead atoms. The van der Waals surface area contributed by atoms with E-state index >= 15 is 0 Å². The van der Waals surface area contributed by atoms with E-state index in [0.29, 0.717) is 24.4 Å². The van der Waals surface area contributed by atoms with Crippen molar-refractivity contribution in [3.8, 4) is 6.07 Å². The molecule has 8 nitrogen and oxygen atoms in total. The highest BCUT2D eigenvalue weighted by molar-refractivity contribution is 7.89. The quantitative estimate of drug-likeness (QED) is 0.624. The number of nitriles is 1. The Kier molecular flexibility index (Phi) is 7.85. The van der Waals surface area contributed by atoms with Crippen molar-refractivity contribution >= 4 is 39.1 Å². The van der Waals surface area contributed by atoms with Gasteiger partial charge in [-0.3, -0.25) is 9.59 Å². The van der Waals surface area contributed by atoms with E-state index in [-0.39, 0.29) is 28.7 Å². The van der Waals surface area contributed by atoms with E-state index in [4.69, 9.17) is 16.9 Å². The molecule has 1 atom stereocenters. The Morgan fingerprint density at radius 2 is 1.81 bits per heavy atom. The molecule has 0 aromatic heterocycles. The molecule has 1 saturated heterocycles. The Balaban J connectivity index is 1.59. The smallest absolute Gasteiger partial charge is 0.313 e. The maximum absolute atomic E-state index is 13.1. The van der Waals surface area contributed by atoms with Gasteiger partial charge in [0, 0.05) is 24.2 Å². The number of hydrogen-bond acceptors (Lipinski definition) is 5. The summed E-state index contributed by atoms with van der Waals surface area (Å²) in [5.74, 6) is -1.73. The van der Waals surface area contributed by atoms with Crippen LogP contribution in [0.2, 0.25) is 5.02 Å². The molecule has 168 valence electrons. The van der Waals surface area contributed by atoms with E-state index in [2.05, 4.69) is 10.6 Å². The van der Waals surface area contributed by atoms with Crippen LogP contribution in [-0.4, -0.2) is 43.7 Å². The van der Waals surface area contributed by atoms with Gasteiger partial charge < -0.3 is 10.6 Å². The number of benzene rings is 2. The van der Waals surface area contributed by atoms with E-state index < -0.39 is 21.8 Å². The summed E-state index contributed by atoms with van der Waals surface area (Å²) in [6.45, 7) is 0.540. The monoisotopic (exact) mass is 474 g/mol. The lowest BCUT2D eigenvalue weighted by Gasteiger charge is -2.34. The molecular formula is C22H23ClN4O4S. The predicted octanol–water partition coefficient (Wildman–Crippen LogP) is 2.90. The molecule has 1 fully saturated rings. The lowest BCUT2D eigenvalue weighted by Crippen LogP contribution is -2.45. The number of carbonyl (C=O) groups is 2. The summed E-state index contributed by atoms with van der Waals surface area (Å²) in [5, 5.41) is 14.5. The zero-order valence-corrected chi connectivity index (χ0v) is 18.8. The van der Waals surface area contributed by atoms with Crippen LogP contribution < -0.4 is 10.6 Å². The van der Waals surface area contributed by atoms with Crippen molar-refractivity contribution in [2.75, 3.05) is 18.4 Å². The van der Waals surface area contributed by atoms with Crippen LogP contribution >= 0.6 is 11.6 Å². The van der Waals surface area contributed by atoms with E-state index in [1.807, 2.05) is 6.07 Å². The van der Waals surface area contributed by atoms with Crippen LogP contribution in [-0.2, 0) is 19.6 Å². The maximum atomic E-state index is 13.1. The number of piperidine rings is 1. The van der Waals surface area contributed by atoms with Gasteiger partial charge in [-0.2, -0.15) is 9.57 Å². The molecule has 0 spiro atoms. The highest BCUT2D eigenvalue weighted by Crippen LogP contribution is 2.27. The zero-order chi connectivity index (χ0) is 23.1. The van der Waals surface area contributed by atoms with Gasteiger partial charge >= 0.3 is 11.8 Å². The van der Waals surface area contributed by atoms with Crippen LogP contribution in [0, 0.1) is 11.3 Å². The van der Waals surface area contributed by atoms with Crippen LogP contribution in [0.3, 0.4) is 0 Å². The summed E-state index contributed by atoms with van der Waals surface area (Å²) in [5.41, 5.74) is 0.501. The minimum absolute atomic E-state index is 0.142. The molecule has 2 aromatic rings. The molecule has 10 heteroatoms. The van der Waals surface area contributed by atoms with Gasteiger partial charge in [0.05, 0.1) is 16.1 Å². The first-order valence-corrected chi connectivity index (χ1v) is 12.0. The Morgan fingerprint density at radius 1 is 1.09 bits per heavy atom. The van der Waals surface area contributed by atoms with Gasteiger partial charge in [-0.25, -0.2) is 8.42 Å². The summed E-state index contributed by atoms with van der Waals surface area (Å²) in [4.78, 5) is 24.5. The molecule has 0 aliphatic carbocycles. The second-order valence-corrected chi connectivity index (χ2v) is 9.70. The molecule has 2 aromatic carbocycles. The lowest BCUT2D eigenvalue weighted by molar-refractivity contribution is -0.136. The van der Waals surface area contributed by atoms with Gasteiger partial charge in [0.25, 0.3) is 0 Å². The van der Waals surface area contributed by atoms with E-state index in [1.165, 1.54) is 40.7 Å². The van der Waals surface area contributed by atoms with Crippen molar-refractivity contribution < 1.29 is 18.0 Å². The number of amides is 2. The molecule has 0 radical (unpaired) electrons. The first-order chi connectivity index (χ1) is 15.3. The normalized spacial score (nSPS) is 16.7. The van der Waals surface area contributed by atoms with Crippen molar-refractivity contribution in [3.63, 3.8) is 0 Å². The molecule has 32 heavy (non-hydrogen) atoms. The van der Waals surface area contributed by atoms with Gasteiger partial charge in [-0.05, 0) is 55.7 Å². The molecule has 1 heterocycles. The summed E-state index contributed by atoms with van der Waals surface area (Å²) < 4.78 is 27.6. The first kappa shape index (κ1) is 23.7. The minimum Gasteiger partial charge on any atom is -0.348 e. The summed E-state index contributed by atoms with van der Waals surface area (Å²) >= 11 is 5.87. The average Bonchev–Trinajstić information content (AvgIpc) is 2.80.